The Bertz CT molecular complexity index is 1040. The second kappa shape index (κ2) is 7.32. The van der Waals surface area contributed by atoms with Crippen LogP contribution in [-0.4, -0.2) is 40.3 Å². The Morgan fingerprint density at radius 2 is 1.93 bits per heavy atom. The molecule has 0 aliphatic carbocycles. The second-order valence-electron chi connectivity index (χ2n) is 7.77. The van der Waals surface area contributed by atoms with Crippen molar-refractivity contribution in [1.29, 1.82) is 0 Å². The predicted octanol–water partition coefficient (Wildman–Crippen LogP) is 4.76. The van der Waals surface area contributed by atoms with Gasteiger partial charge >= 0.3 is 0 Å². The Hall–Kier alpha value is -2.63. The number of nitrogens with zero attached hydrogens (tertiary/aromatic N) is 2. The van der Waals surface area contributed by atoms with E-state index < -0.39 is 0 Å². The zero-order valence-corrected chi connectivity index (χ0v) is 16.9. The summed E-state index contributed by atoms with van der Waals surface area (Å²) >= 11 is 6.12. The van der Waals surface area contributed by atoms with E-state index in [4.69, 9.17) is 16.3 Å². The molecule has 0 bridgehead atoms. The van der Waals surface area contributed by atoms with Crippen molar-refractivity contribution in [3.05, 3.63) is 75.9 Å². The van der Waals surface area contributed by atoms with Gasteiger partial charge in [0.15, 0.2) is 0 Å². The zero-order valence-electron chi connectivity index (χ0n) is 16.2. The number of ether oxygens (including phenoxy) is 1. The Balaban J connectivity index is 1.61. The number of halogens is 1. The molecule has 5 nitrogen and oxygen atoms in total. The molecule has 0 radical (unpaired) electrons. The van der Waals surface area contributed by atoms with Crippen molar-refractivity contribution in [2.45, 2.75) is 31.9 Å². The summed E-state index contributed by atoms with van der Waals surface area (Å²) in [6, 6.07) is 15.7. The summed E-state index contributed by atoms with van der Waals surface area (Å²) in [5, 5.41) is 8.20. The normalized spacial score (nSPS) is 21.0. The third-order valence-corrected chi connectivity index (χ3v) is 6.05. The van der Waals surface area contributed by atoms with Crippen LogP contribution >= 0.6 is 11.6 Å². The fourth-order valence-corrected chi connectivity index (χ4v) is 4.44. The fraction of sp³-hybridized carbons (Fsp3) is 0.304. The fourth-order valence-electron chi connectivity index (χ4n) is 4.32. The lowest BCUT2D eigenvalue weighted by atomic mass is 9.95. The van der Waals surface area contributed by atoms with E-state index in [0.29, 0.717) is 17.3 Å². The summed E-state index contributed by atoms with van der Waals surface area (Å²) in [6.45, 7) is 3.39. The highest BCUT2D eigenvalue weighted by Gasteiger charge is 2.43. The Morgan fingerprint density at radius 1 is 1.17 bits per heavy atom. The van der Waals surface area contributed by atoms with E-state index in [1.54, 1.807) is 0 Å². The molecule has 6 heteroatoms. The van der Waals surface area contributed by atoms with Gasteiger partial charge in [-0.1, -0.05) is 53.6 Å². The third-order valence-electron chi connectivity index (χ3n) is 5.80. The molecule has 148 valence electrons. The van der Waals surface area contributed by atoms with Crippen LogP contribution in [-0.2, 0) is 4.74 Å². The summed E-state index contributed by atoms with van der Waals surface area (Å²) in [6.07, 6.45) is 2.10. The molecule has 1 amide bonds. The number of nitrogens with one attached hydrogen (secondary N) is 1. The number of aryl methyl sites for hydroxylation is 1. The largest absolute Gasteiger partial charge is 0.376 e. The molecular weight excluding hydrogens is 386 g/mol. The SMILES string of the molecule is Cc1ccc(-c2n[nH]c3c2C(c2ccc(Cl)cc2)N(CC2CCCO2)C3=O)cc1. The monoisotopic (exact) mass is 407 g/mol. The zero-order chi connectivity index (χ0) is 20.0. The van der Waals surface area contributed by atoms with Crippen LogP contribution in [0.25, 0.3) is 11.3 Å². The molecule has 2 unspecified atom stereocenters. The number of amides is 1. The molecule has 2 aliphatic rings. The molecule has 0 spiro atoms. The first-order chi connectivity index (χ1) is 14.1. The van der Waals surface area contributed by atoms with Gasteiger partial charge in [0.25, 0.3) is 5.91 Å². The summed E-state index contributed by atoms with van der Waals surface area (Å²) in [4.78, 5) is 15.2. The molecule has 2 aliphatic heterocycles. The van der Waals surface area contributed by atoms with Crippen LogP contribution in [0.15, 0.2) is 48.5 Å². The van der Waals surface area contributed by atoms with Crippen molar-refractivity contribution in [2.24, 2.45) is 0 Å². The summed E-state index contributed by atoms with van der Waals surface area (Å²) < 4.78 is 5.83. The maximum Gasteiger partial charge on any atom is 0.273 e. The molecule has 1 saturated heterocycles. The van der Waals surface area contributed by atoms with Gasteiger partial charge in [-0.15, -0.1) is 0 Å². The van der Waals surface area contributed by atoms with Crippen LogP contribution in [0.1, 0.15) is 46.1 Å². The minimum Gasteiger partial charge on any atom is -0.376 e. The van der Waals surface area contributed by atoms with E-state index in [9.17, 15) is 4.79 Å². The number of aromatic amines is 1. The Labute approximate surface area is 174 Å². The number of carbonyl (C=O) groups excluding carboxylic acids is 1. The highest BCUT2D eigenvalue weighted by Crippen LogP contribution is 2.43. The summed E-state index contributed by atoms with van der Waals surface area (Å²) in [7, 11) is 0. The van der Waals surface area contributed by atoms with Crippen LogP contribution in [0.3, 0.4) is 0 Å². The first kappa shape index (κ1) is 18.4. The Morgan fingerprint density at radius 3 is 2.62 bits per heavy atom. The average molecular weight is 408 g/mol. The topological polar surface area (TPSA) is 58.2 Å². The summed E-state index contributed by atoms with van der Waals surface area (Å²) in [5.41, 5.74) is 5.53. The van der Waals surface area contributed by atoms with Crippen molar-refractivity contribution < 1.29 is 9.53 Å². The van der Waals surface area contributed by atoms with E-state index in [0.717, 1.165) is 41.8 Å². The molecule has 1 fully saturated rings. The maximum atomic E-state index is 13.3. The number of fused-ring (bicyclic) bond motifs is 1. The smallest absolute Gasteiger partial charge is 0.273 e. The van der Waals surface area contributed by atoms with Crippen LogP contribution in [0.5, 0.6) is 0 Å². The first-order valence-corrected chi connectivity index (χ1v) is 10.3. The van der Waals surface area contributed by atoms with E-state index in [1.165, 1.54) is 5.56 Å². The molecule has 29 heavy (non-hydrogen) atoms. The maximum absolute atomic E-state index is 13.3. The minimum absolute atomic E-state index is 0.0266. The van der Waals surface area contributed by atoms with E-state index >= 15 is 0 Å². The van der Waals surface area contributed by atoms with Gasteiger partial charge in [-0.25, -0.2) is 0 Å². The average Bonchev–Trinajstić information content (AvgIpc) is 3.44. The molecule has 3 aromatic rings. The van der Waals surface area contributed by atoms with E-state index in [2.05, 4.69) is 41.4 Å². The molecule has 2 atom stereocenters. The lowest BCUT2D eigenvalue weighted by Gasteiger charge is -2.28. The van der Waals surface area contributed by atoms with Crippen LogP contribution in [0.2, 0.25) is 5.02 Å². The van der Waals surface area contributed by atoms with Gasteiger partial charge in [0, 0.05) is 29.3 Å². The minimum atomic E-state index is -0.214. The van der Waals surface area contributed by atoms with Gasteiger partial charge in [0.1, 0.15) is 5.69 Å². The van der Waals surface area contributed by atoms with Gasteiger partial charge in [-0.05, 0) is 37.5 Å². The number of benzene rings is 2. The number of hydrogen-bond acceptors (Lipinski definition) is 3. The van der Waals surface area contributed by atoms with Gasteiger partial charge in [0.2, 0.25) is 0 Å². The van der Waals surface area contributed by atoms with Crippen molar-refractivity contribution in [3.63, 3.8) is 0 Å². The highest BCUT2D eigenvalue weighted by molar-refractivity contribution is 6.30. The van der Waals surface area contributed by atoms with Gasteiger partial charge in [-0.2, -0.15) is 5.10 Å². The lowest BCUT2D eigenvalue weighted by Crippen LogP contribution is -2.36. The molecular formula is C23H22ClN3O2. The number of hydrogen-bond donors (Lipinski definition) is 1. The molecule has 3 heterocycles. The third kappa shape index (κ3) is 3.24. The molecule has 1 aromatic heterocycles. The second-order valence-corrected chi connectivity index (χ2v) is 8.21. The first-order valence-electron chi connectivity index (χ1n) is 9.95. The van der Waals surface area contributed by atoms with Crippen molar-refractivity contribution in [3.8, 4) is 11.3 Å². The van der Waals surface area contributed by atoms with Crippen LogP contribution < -0.4 is 0 Å². The van der Waals surface area contributed by atoms with Crippen LogP contribution in [0, 0.1) is 6.92 Å². The van der Waals surface area contributed by atoms with Crippen molar-refractivity contribution in [2.75, 3.05) is 13.2 Å². The molecule has 2 aromatic carbocycles. The van der Waals surface area contributed by atoms with Gasteiger partial charge in [-0.3, -0.25) is 9.89 Å². The van der Waals surface area contributed by atoms with Crippen molar-refractivity contribution >= 4 is 17.5 Å². The van der Waals surface area contributed by atoms with Gasteiger partial charge in [0.05, 0.1) is 17.8 Å². The van der Waals surface area contributed by atoms with E-state index in [-0.39, 0.29) is 18.1 Å². The number of aromatic nitrogens is 2. The molecule has 1 N–H and O–H groups in total. The molecule has 0 saturated carbocycles. The van der Waals surface area contributed by atoms with E-state index in [1.807, 2.05) is 29.2 Å². The number of H-pyrrole nitrogens is 1. The van der Waals surface area contributed by atoms with Crippen molar-refractivity contribution in [1.82, 2.24) is 15.1 Å². The lowest BCUT2D eigenvalue weighted by molar-refractivity contribution is 0.0495. The van der Waals surface area contributed by atoms with Gasteiger partial charge < -0.3 is 9.64 Å². The standard InChI is InChI=1S/C23H22ClN3O2/c1-14-4-6-15(7-5-14)20-19-21(26-25-20)23(28)27(13-18-3-2-12-29-18)22(19)16-8-10-17(24)11-9-16/h4-11,18,22H,2-3,12-13H2,1H3,(H,25,26). The number of rotatable bonds is 4. The quantitative estimate of drug-likeness (QED) is 0.678. The van der Waals surface area contributed by atoms with Crippen LogP contribution in [0.4, 0.5) is 0 Å². The molecule has 5 rings (SSSR count). The summed E-state index contributed by atoms with van der Waals surface area (Å²) in [5.74, 6) is -0.0266. The Kier molecular flexibility index (Phi) is 4.64. The number of carbonyl (C=O) groups is 1. The highest BCUT2D eigenvalue weighted by atomic mass is 35.5. The predicted molar refractivity (Wildman–Crippen MR) is 112 cm³/mol.